The minimum absolute atomic E-state index is 0.102. The Morgan fingerprint density at radius 2 is 1.95 bits per heavy atom. The number of rotatable bonds is 2. The van der Waals surface area contributed by atoms with Gasteiger partial charge in [-0.1, -0.05) is 6.07 Å². The van der Waals surface area contributed by atoms with Crippen LogP contribution < -0.4 is 10.9 Å². The van der Waals surface area contributed by atoms with Crippen molar-refractivity contribution in [3.8, 4) is 0 Å². The van der Waals surface area contributed by atoms with Crippen LogP contribution in [0.2, 0.25) is 0 Å². The Kier molecular flexibility index (Phi) is 3.58. The monoisotopic (exact) mass is 278 g/mol. The zero-order valence-electron chi connectivity index (χ0n) is 11.2. The fraction of sp³-hybridized carbons (Fsp3) is 0.571. The highest BCUT2D eigenvalue weighted by Gasteiger charge is 2.40. The van der Waals surface area contributed by atoms with E-state index < -0.39 is 5.79 Å². The third kappa shape index (κ3) is 2.76. The van der Waals surface area contributed by atoms with E-state index in [4.69, 9.17) is 9.47 Å². The fourth-order valence-corrected chi connectivity index (χ4v) is 2.83. The summed E-state index contributed by atoms with van der Waals surface area (Å²) in [5.74, 6) is -0.653. The number of carbonyl (C=O) groups excluding carboxylic acids is 1. The molecule has 1 aromatic rings. The maximum Gasteiger partial charge on any atom is 0.268 e. The quantitative estimate of drug-likeness (QED) is 0.838. The Bertz CT molecular complexity index is 538. The van der Waals surface area contributed by atoms with Gasteiger partial charge in [-0.3, -0.25) is 9.59 Å². The maximum absolute atomic E-state index is 12.0. The van der Waals surface area contributed by atoms with E-state index in [9.17, 15) is 9.59 Å². The lowest BCUT2D eigenvalue weighted by Gasteiger charge is -2.35. The van der Waals surface area contributed by atoms with E-state index in [1.54, 1.807) is 12.1 Å². The number of hydrogen-bond acceptors (Lipinski definition) is 4. The molecule has 0 unspecified atom stereocenters. The zero-order valence-corrected chi connectivity index (χ0v) is 11.2. The lowest BCUT2D eigenvalue weighted by Crippen LogP contribution is -2.44. The van der Waals surface area contributed by atoms with E-state index in [2.05, 4.69) is 10.3 Å². The SMILES string of the molecule is O=C(NC1CCC2(CC1)OCCO2)c1cccc(=O)[nH]1. The summed E-state index contributed by atoms with van der Waals surface area (Å²) >= 11 is 0. The lowest BCUT2D eigenvalue weighted by atomic mass is 9.90. The highest BCUT2D eigenvalue weighted by molar-refractivity contribution is 5.92. The van der Waals surface area contributed by atoms with E-state index in [1.807, 2.05) is 0 Å². The van der Waals surface area contributed by atoms with Crippen molar-refractivity contribution < 1.29 is 14.3 Å². The molecule has 0 atom stereocenters. The molecule has 2 heterocycles. The van der Waals surface area contributed by atoms with Gasteiger partial charge in [0.25, 0.3) is 5.91 Å². The molecule has 0 bridgehead atoms. The van der Waals surface area contributed by atoms with Crippen molar-refractivity contribution in [3.63, 3.8) is 0 Å². The summed E-state index contributed by atoms with van der Waals surface area (Å²) in [6.45, 7) is 1.31. The van der Waals surface area contributed by atoms with Gasteiger partial charge in [-0.15, -0.1) is 0 Å². The predicted molar refractivity (Wildman–Crippen MR) is 71.4 cm³/mol. The Labute approximate surface area is 116 Å². The molecule has 1 amide bonds. The second kappa shape index (κ2) is 5.38. The van der Waals surface area contributed by atoms with Crippen LogP contribution >= 0.6 is 0 Å². The third-order valence-electron chi connectivity index (χ3n) is 3.91. The first kappa shape index (κ1) is 13.3. The molecular formula is C14H18N2O4. The number of hydrogen-bond donors (Lipinski definition) is 2. The van der Waals surface area contributed by atoms with Gasteiger partial charge in [-0.05, 0) is 18.9 Å². The number of nitrogens with one attached hydrogen (secondary N) is 2. The van der Waals surface area contributed by atoms with Crippen LogP contribution in [0, 0.1) is 0 Å². The molecule has 20 heavy (non-hydrogen) atoms. The van der Waals surface area contributed by atoms with Crippen LogP contribution in [0.3, 0.4) is 0 Å². The standard InChI is InChI=1S/C14H18N2O4/c17-12-3-1-2-11(16-12)13(18)15-10-4-6-14(7-5-10)19-8-9-20-14/h1-3,10H,4-9H2,(H,15,18)(H,16,17). The predicted octanol–water partition coefficient (Wildman–Crippen LogP) is 0.790. The van der Waals surface area contributed by atoms with Crippen molar-refractivity contribution in [2.24, 2.45) is 0 Å². The molecule has 6 nitrogen and oxygen atoms in total. The summed E-state index contributed by atoms with van der Waals surface area (Å²) in [7, 11) is 0. The summed E-state index contributed by atoms with van der Waals surface area (Å²) in [6.07, 6.45) is 3.23. The summed E-state index contributed by atoms with van der Waals surface area (Å²) in [4.78, 5) is 25.8. The highest BCUT2D eigenvalue weighted by atomic mass is 16.7. The molecule has 1 aliphatic carbocycles. The van der Waals surface area contributed by atoms with Crippen molar-refractivity contribution >= 4 is 5.91 Å². The van der Waals surface area contributed by atoms with Crippen LogP contribution in [-0.4, -0.2) is 35.9 Å². The van der Waals surface area contributed by atoms with Gasteiger partial charge in [0, 0.05) is 24.9 Å². The Morgan fingerprint density at radius 3 is 2.60 bits per heavy atom. The summed E-state index contributed by atoms with van der Waals surface area (Å²) < 4.78 is 11.3. The van der Waals surface area contributed by atoms with Gasteiger partial charge in [-0.2, -0.15) is 0 Å². The largest absolute Gasteiger partial charge is 0.348 e. The molecule has 2 N–H and O–H groups in total. The van der Waals surface area contributed by atoms with Crippen LogP contribution in [0.5, 0.6) is 0 Å². The number of amides is 1. The Morgan fingerprint density at radius 1 is 1.25 bits per heavy atom. The van der Waals surface area contributed by atoms with Crippen LogP contribution in [0.25, 0.3) is 0 Å². The average Bonchev–Trinajstić information content (AvgIpc) is 2.90. The summed E-state index contributed by atoms with van der Waals surface area (Å²) in [5.41, 5.74) is 0.0270. The average molecular weight is 278 g/mol. The molecule has 108 valence electrons. The molecule has 1 saturated heterocycles. The van der Waals surface area contributed by atoms with Gasteiger partial charge in [0.2, 0.25) is 5.56 Å². The second-order valence-electron chi connectivity index (χ2n) is 5.28. The molecule has 0 aromatic carbocycles. The Balaban J connectivity index is 1.57. The number of aromatic amines is 1. The van der Waals surface area contributed by atoms with E-state index in [-0.39, 0.29) is 17.5 Å². The van der Waals surface area contributed by atoms with Crippen molar-refractivity contribution in [2.45, 2.75) is 37.5 Å². The minimum Gasteiger partial charge on any atom is -0.348 e. The lowest BCUT2D eigenvalue weighted by molar-refractivity contribution is -0.179. The first-order chi connectivity index (χ1) is 9.67. The normalized spacial score (nSPS) is 22.0. The number of H-pyrrole nitrogens is 1. The van der Waals surface area contributed by atoms with Crippen LogP contribution in [0.15, 0.2) is 23.0 Å². The molecule has 0 radical (unpaired) electrons. The van der Waals surface area contributed by atoms with E-state index in [0.717, 1.165) is 25.7 Å². The molecule has 2 aliphatic rings. The van der Waals surface area contributed by atoms with Gasteiger partial charge < -0.3 is 19.8 Å². The topological polar surface area (TPSA) is 80.4 Å². The maximum atomic E-state index is 12.0. The van der Waals surface area contributed by atoms with Gasteiger partial charge in [-0.25, -0.2) is 0 Å². The zero-order chi connectivity index (χ0) is 14.0. The number of pyridine rings is 1. The second-order valence-corrected chi connectivity index (χ2v) is 5.28. The summed E-state index contributed by atoms with van der Waals surface area (Å²) in [6, 6.07) is 4.66. The first-order valence-corrected chi connectivity index (χ1v) is 6.95. The van der Waals surface area contributed by atoms with Gasteiger partial charge in [0.1, 0.15) is 5.69 Å². The van der Waals surface area contributed by atoms with E-state index >= 15 is 0 Å². The van der Waals surface area contributed by atoms with E-state index in [1.165, 1.54) is 6.07 Å². The van der Waals surface area contributed by atoms with Crippen LogP contribution in [-0.2, 0) is 9.47 Å². The molecule has 2 fully saturated rings. The molecule has 3 rings (SSSR count). The third-order valence-corrected chi connectivity index (χ3v) is 3.91. The molecule has 1 aromatic heterocycles. The molecule has 6 heteroatoms. The van der Waals surface area contributed by atoms with Crippen LogP contribution in [0.4, 0.5) is 0 Å². The van der Waals surface area contributed by atoms with Crippen molar-refractivity contribution in [1.82, 2.24) is 10.3 Å². The first-order valence-electron chi connectivity index (χ1n) is 6.95. The molecular weight excluding hydrogens is 260 g/mol. The molecule has 1 spiro atoms. The van der Waals surface area contributed by atoms with Gasteiger partial charge in [0.15, 0.2) is 5.79 Å². The minimum atomic E-state index is -0.414. The number of aromatic nitrogens is 1. The number of carbonyl (C=O) groups is 1. The van der Waals surface area contributed by atoms with Crippen molar-refractivity contribution in [3.05, 3.63) is 34.2 Å². The highest BCUT2D eigenvalue weighted by Crippen LogP contribution is 2.35. The molecule has 1 saturated carbocycles. The van der Waals surface area contributed by atoms with Gasteiger partial charge >= 0.3 is 0 Å². The fourth-order valence-electron chi connectivity index (χ4n) is 2.83. The Hall–Kier alpha value is -1.66. The summed E-state index contributed by atoms with van der Waals surface area (Å²) in [5, 5.41) is 2.95. The number of ether oxygens (including phenoxy) is 2. The van der Waals surface area contributed by atoms with Crippen LogP contribution in [0.1, 0.15) is 36.2 Å². The van der Waals surface area contributed by atoms with Gasteiger partial charge in [0.05, 0.1) is 13.2 Å². The molecule has 1 aliphatic heterocycles. The van der Waals surface area contributed by atoms with Crippen molar-refractivity contribution in [1.29, 1.82) is 0 Å². The van der Waals surface area contributed by atoms with E-state index in [0.29, 0.717) is 18.9 Å². The smallest absolute Gasteiger partial charge is 0.268 e. The van der Waals surface area contributed by atoms with Crippen molar-refractivity contribution in [2.75, 3.05) is 13.2 Å².